The summed E-state index contributed by atoms with van der Waals surface area (Å²) in [6.07, 6.45) is 1.36. The zero-order valence-electron chi connectivity index (χ0n) is 11.0. The van der Waals surface area contributed by atoms with Crippen LogP contribution in [0.2, 0.25) is 0 Å². The molecule has 0 aliphatic carbocycles. The summed E-state index contributed by atoms with van der Waals surface area (Å²) in [5.74, 6) is 1.03. The molecule has 0 aromatic heterocycles. The van der Waals surface area contributed by atoms with Crippen molar-refractivity contribution >= 4 is 5.78 Å². The van der Waals surface area contributed by atoms with Gasteiger partial charge in [0.25, 0.3) is 0 Å². The van der Waals surface area contributed by atoms with E-state index >= 15 is 0 Å². The first-order valence-corrected chi connectivity index (χ1v) is 6.13. The van der Waals surface area contributed by atoms with Crippen molar-refractivity contribution in [3.63, 3.8) is 0 Å². The molecule has 0 bridgehead atoms. The number of Topliss-reactive ketones (excluding diaryl/α,β-unsaturated/α-hetero) is 1. The molecule has 0 amide bonds. The number of ketones is 1. The van der Waals surface area contributed by atoms with Gasteiger partial charge in [0.2, 0.25) is 0 Å². The minimum absolute atomic E-state index is 0.211. The lowest BCUT2D eigenvalue weighted by Crippen LogP contribution is -2.10. The summed E-state index contributed by atoms with van der Waals surface area (Å²) in [4.78, 5) is 10.8. The van der Waals surface area contributed by atoms with Crippen LogP contribution < -0.4 is 10.5 Å². The molecule has 3 heteroatoms. The van der Waals surface area contributed by atoms with Gasteiger partial charge in [0, 0.05) is 13.0 Å². The van der Waals surface area contributed by atoms with E-state index in [0.29, 0.717) is 19.6 Å². The molecule has 0 heterocycles. The monoisotopic (exact) mass is 237 g/mol. The quantitative estimate of drug-likeness (QED) is 0.827. The molecule has 3 nitrogen and oxygen atoms in total. The third-order valence-corrected chi connectivity index (χ3v) is 2.05. The van der Waals surface area contributed by atoms with Crippen molar-refractivity contribution in [3.8, 4) is 5.75 Å². The van der Waals surface area contributed by atoms with Crippen LogP contribution in [0, 0.1) is 0 Å². The SMILES string of the molecule is CC.CC(=O)CCc1cccc(OCCN)c1. The van der Waals surface area contributed by atoms with E-state index in [4.69, 9.17) is 10.5 Å². The molecule has 0 saturated carbocycles. The van der Waals surface area contributed by atoms with Crippen LogP contribution in [-0.4, -0.2) is 18.9 Å². The van der Waals surface area contributed by atoms with Gasteiger partial charge in [0.15, 0.2) is 0 Å². The van der Waals surface area contributed by atoms with Crippen molar-refractivity contribution < 1.29 is 9.53 Å². The van der Waals surface area contributed by atoms with Crippen LogP contribution in [0.1, 0.15) is 32.8 Å². The molecule has 1 aromatic rings. The second-order valence-corrected chi connectivity index (χ2v) is 3.49. The zero-order valence-corrected chi connectivity index (χ0v) is 11.0. The lowest BCUT2D eigenvalue weighted by Gasteiger charge is -2.06. The Labute approximate surface area is 104 Å². The number of hydrogen-bond acceptors (Lipinski definition) is 3. The number of ether oxygens (including phenoxy) is 1. The highest BCUT2D eigenvalue weighted by Gasteiger charge is 1.99. The minimum Gasteiger partial charge on any atom is -0.492 e. The fraction of sp³-hybridized carbons (Fsp3) is 0.500. The summed E-state index contributed by atoms with van der Waals surface area (Å²) in [7, 11) is 0. The molecule has 96 valence electrons. The Hall–Kier alpha value is -1.35. The molecule has 17 heavy (non-hydrogen) atoms. The number of nitrogens with two attached hydrogens (primary N) is 1. The normalized spacial score (nSPS) is 9.18. The van der Waals surface area contributed by atoms with E-state index in [0.717, 1.165) is 17.7 Å². The molecule has 0 aliphatic rings. The molecule has 0 fully saturated rings. The third kappa shape index (κ3) is 7.53. The molecule has 0 unspecified atom stereocenters. The maximum absolute atomic E-state index is 10.8. The van der Waals surface area contributed by atoms with Gasteiger partial charge in [-0.1, -0.05) is 26.0 Å². The fourth-order valence-corrected chi connectivity index (χ4v) is 1.29. The predicted octanol–water partition coefficient (Wildman–Crippen LogP) is 2.57. The van der Waals surface area contributed by atoms with Crippen molar-refractivity contribution in [2.24, 2.45) is 5.73 Å². The second kappa shape index (κ2) is 9.85. The van der Waals surface area contributed by atoms with Gasteiger partial charge < -0.3 is 15.3 Å². The lowest BCUT2D eigenvalue weighted by molar-refractivity contribution is -0.116. The molecule has 2 N–H and O–H groups in total. The summed E-state index contributed by atoms with van der Waals surface area (Å²) in [5.41, 5.74) is 6.47. The van der Waals surface area contributed by atoms with Gasteiger partial charge >= 0.3 is 0 Å². The van der Waals surface area contributed by atoms with Crippen LogP contribution in [0.15, 0.2) is 24.3 Å². The number of carbonyl (C=O) groups is 1. The van der Waals surface area contributed by atoms with Crippen molar-refractivity contribution in [2.75, 3.05) is 13.2 Å². The summed E-state index contributed by atoms with van der Waals surface area (Å²) in [5, 5.41) is 0. The van der Waals surface area contributed by atoms with E-state index in [1.54, 1.807) is 6.92 Å². The van der Waals surface area contributed by atoms with Crippen LogP contribution in [0.4, 0.5) is 0 Å². The van der Waals surface area contributed by atoms with Gasteiger partial charge in [-0.25, -0.2) is 0 Å². The van der Waals surface area contributed by atoms with E-state index in [2.05, 4.69) is 0 Å². The molecule has 1 aromatic carbocycles. The Morgan fingerprint density at radius 1 is 1.35 bits per heavy atom. The molecule has 0 radical (unpaired) electrons. The predicted molar refractivity (Wildman–Crippen MR) is 71.3 cm³/mol. The van der Waals surface area contributed by atoms with Gasteiger partial charge in [-0.2, -0.15) is 0 Å². The number of carbonyl (C=O) groups excluding carboxylic acids is 1. The van der Waals surface area contributed by atoms with E-state index in [-0.39, 0.29) is 5.78 Å². The topological polar surface area (TPSA) is 52.3 Å². The number of rotatable bonds is 6. The van der Waals surface area contributed by atoms with Crippen LogP contribution in [0.5, 0.6) is 5.75 Å². The molecular weight excluding hydrogens is 214 g/mol. The number of hydrogen-bond donors (Lipinski definition) is 1. The Balaban J connectivity index is 0.00000121. The number of aryl methyl sites for hydroxylation is 1. The molecular formula is C14H23NO2. The van der Waals surface area contributed by atoms with Crippen LogP contribution in [0.3, 0.4) is 0 Å². The molecule has 1 rings (SSSR count). The van der Waals surface area contributed by atoms with Gasteiger partial charge in [0.05, 0.1) is 0 Å². The van der Waals surface area contributed by atoms with E-state index in [9.17, 15) is 4.79 Å². The third-order valence-electron chi connectivity index (χ3n) is 2.05. The van der Waals surface area contributed by atoms with E-state index in [1.807, 2.05) is 38.1 Å². The highest BCUT2D eigenvalue weighted by atomic mass is 16.5. The van der Waals surface area contributed by atoms with Crippen LogP contribution in [-0.2, 0) is 11.2 Å². The average molecular weight is 237 g/mol. The number of benzene rings is 1. The second-order valence-electron chi connectivity index (χ2n) is 3.49. The Bertz CT molecular complexity index is 324. The van der Waals surface area contributed by atoms with Crippen molar-refractivity contribution in [3.05, 3.63) is 29.8 Å². The first kappa shape index (κ1) is 15.7. The summed E-state index contributed by atoms with van der Waals surface area (Å²) in [6, 6.07) is 7.78. The fourth-order valence-electron chi connectivity index (χ4n) is 1.29. The largest absolute Gasteiger partial charge is 0.492 e. The summed E-state index contributed by atoms with van der Waals surface area (Å²) < 4.78 is 5.39. The highest BCUT2D eigenvalue weighted by molar-refractivity contribution is 5.75. The van der Waals surface area contributed by atoms with Gasteiger partial charge in [-0.3, -0.25) is 0 Å². The molecule has 0 atom stereocenters. The standard InChI is InChI=1S/C12H17NO2.C2H6/c1-10(14)5-6-11-3-2-4-12(9-11)15-8-7-13;1-2/h2-4,9H,5-8,13H2,1H3;1-2H3. The van der Waals surface area contributed by atoms with Gasteiger partial charge in [-0.05, 0) is 31.0 Å². The van der Waals surface area contributed by atoms with Gasteiger partial charge in [0.1, 0.15) is 18.1 Å². The molecule has 0 aliphatic heterocycles. The smallest absolute Gasteiger partial charge is 0.130 e. The highest BCUT2D eigenvalue weighted by Crippen LogP contribution is 2.14. The van der Waals surface area contributed by atoms with Crippen molar-refractivity contribution in [1.29, 1.82) is 0 Å². The average Bonchev–Trinajstić information content (AvgIpc) is 2.37. The van der Waals surface area contributed by atoms with Crippen molar-refractivity contribution in [1.82, 2.24) is 0 Å². The first-order valence-electron chi connectivity index (χ1n) is 6.13. The van der Waals surface area contributed by atoms with Crippen LogP contribution in [0.25, 0.3) is 0 Å². The van der Waals surface area contributed by atoms with Gasteiger partial charge in [-0.15, -0.1) is 0 Å². The molecule has 0 spiro atoms. The maximum Gasteiger partial charge on any atom is 0.130 e. The lowest BCUT2D eigenvalue weighted by atomic mass is 10.1. The molecule has 0 saturated heterocycles. The van der Waals surface area contributed by atoms with E-state index < -0.39 is 0 Å². The Kier molecular flexibility index (Phi) is 9.06. The first-order chi connectivity index (χ1) is 8.22. The van der Waals surface area contributed by atoms with Crippen molar-refractivity contribution in [2.45, 2.75) is 33.6 Å². The summed E-state index contributed by atoms with van der Waals surface area (Å²) in [6.45, 7) is 6.64. The summed E-state index contributed by atoms with van der Waals surface area (Å²) >= 11 is 0. The Morgan fingerprint density at radius 2 is 2.06 bits per heavy atom. The van der Waals surface area contributed by atoms with Crippen LogP contribution >= 0.6 is 0 Å². The minimum atomic E-state index is 0.211. The Morgan fingerprint density at radius 3 is 2.65 bits per heavy atom. The van der Waals surface area contributed by atoms with E-state index in [1.165, 1.54) is 0 Å². The maximum atomic E-state index is 10.8. The zero-order chi connectivity index (χ0) is 13.1.